The van der Waals surface area contributed by atoms with E-state index in [1.807, 2.05) is 0 Å². The summed E-state index contributed by atoms with van der Waals surface area (Å²) in [5, 5.41) is 7.33. The van der Waals surface area contributed by atoms with Crippen molar-refractivity contribution < 1.29 is 50.7 Å². The Balaban J connectivity index is -0.000000140. The van der Waals surface area contributed by atoms with Crippen molar-refractivity contribution in [3.8, 4) is 0 Å². The van der Waals surface area contributed by atoms with Crippen molar-refractivity contribution in [2.75, 3.05) is 6.07 Å². The summed E-state index contributed by atoms with van der Waals surface area (Å²) in [4.78, 5) is 18.5. The average Bonchev–Trinajstić information content (AvgIpc) is 1.62. The largest absolute Gasteiger partial charge is 0.563 e. The van der Waals surface area contributed by atoms with Gasteiger partial charge < -0.3 is 14.9 Å². The number of hydrogen-bond acceptors (Lipinski definition) is 6. The molecule has 0 heterocycles. The minimum Gasteiger partial charge on any atom is -0.563 e. The molecule has 0 bridgehead atoms. The maximum absolute atomic E-state index is 9.24. The standard InChI is InChI=1S/CH3ClO.Ag.O5P2/c2-1-3;;1-6(2)5-7(3)4/h3H,1H2;;. The number of rotatable bonds is 2. The van der Waals surface area contributed by atoms with Crippen LogP contribution < -0.4 is 9.79 Å². The summed E-state index contributed by atoms with van der Waals surface area (Å²) in [5.74, 6) is 0. The summed E-state index contributed by atoms with van der Waals surface area (Å²) in [6.07, 6.45) is 0. The van der Waals surface area contributed by atoms with Gasteiger partial charge in [-0.05, 0) is 9.13 Å². The number of hydrogen-bond donors (Lipinski definition) is 1. The van der Waals surface area contributed by atoms with Crippen molar-refractivity contribution in [1.82, 2.24) is 0 Å². The zero-order valence-corrected chi connectivity index (χ0v) is 8.80. The molecule has 0 aromatic carbocycles. The van der Waals surface area contributed by atoms with E-state index in [1.54, 1.807) is 0 Å². The van der Waals surface area contributed by atoms with Crippen LogP contribution in [0.5, 0.6) is 0 Å². The van der Waals surface area contributed by atoms with E-state index in [0.29, 0.717) is 0 Å². The fraction of sp³-hybridized carbons (Fsp3) is 1.00. The van der Waals surface area contributed by atoms with Crippen LogP contribution in [0.1, 0.15) is 0 Å². The number of alkyl halides is 1. The van der Waals surface area contributed by atoms with E-state index in [1.165, 1.54) is 0 Å². The predicted molar refractivity (Wildman–Crippen MR) is 29.2 cm³/mol. The van der Waals surface area contributed by atoms with E-state index < -0.39 is 16.5 Å². The van der Waals surface area contributed by atoms with Gasteiger partial charge in [0.1, 0.15) is 10.4 Å². The van der Waals surface area contributed by atoms with Gasteiger partial charge in [-0.25, -0.2) is 0 Å². The average molecular weight is 316 g/mol. The fourth-order valence-electron chi connectivity index (χ4n) is 0.0544. The Morgan fingerprint density at radius 2 is 1.55 bits per heavy atom. The third-order valence-electron chi connectivity index (χ3n) is 0.133. The van der Waals surface area contributed by atoms with Crippen LogP contribution in [0.2, 0.25) is 0 Å². The van der Waals surface area contributed by atoms with Gasteiger partial charge >= 0.3 is 16.5 Å². The summed E-state index contributed by atoms with van der Waals surface area (Å²) in [5.41, 5.74) is 0. The smallest absolute Gasteiger partial charge is 0.543 e. The molecule has 2 atom stereocenters. The maximum Gasteiger partial charge on any atom is 0.543 e. The first kappa shape index (κ1) is 18.0. The molecule has 0 aromatic rings. The van der Waals surface area contributed by atoms with Crippen molar-refractivity contribution in [2.24, 2.45) is 0 Å². The van der Waals surface area contributed by atoms with Crippen molar-refractivity contribution in [3.05, 3.63) is 0 Å². The summed E-state index contributed by atoms with van der Waals surface area (Å²) < 4.78 is 21.6. The van der Waals surface area contributed by atoms with Crippen molar-refractivity contribution >= 4 is 28.1 Å². The summed E-state index contributed by atoms with van der Waals surface area (Å²) >= 11 is 4.55. The second-order valence-electron chi connectivity index (χ2n) is 0.648. The molecule has 10 heteroatoms. The second-order valence-corrected chi connectivity index (χ2v) is 2.44. The van der Waals surface area contributed by atoms with E-state index in [2.05, 4.69) is 15.9 Å². The van der Waals surface area contributed by atoms with Crippen LogP contribution in [-0.4, -0.2) is 11.2 Å². The van der Waals surface area contributed by atoms with Crippen LogP contribution in [0.3, 0.4) is 0 Å². The van der Waals surface area contributed by atoms with Gasteiger partial charge in [-0.3, -0.25) is 0 Å². The van der Waals surface area contributed by atoms with Gasteiger partial charge in [0.25, 0.3) is 0 Å². The maximum atomic E-state index is 9.24. The molecule has 0 amide bonds. The molecule has 6 nitrogen and oxygen atoms in total. The Bertz CT molecular complexity index is 107. The molecule has 0 saturated heterocycles. The minimum atomic E-state index is -3.24. The van der Waals surface area contributed by atoms with E-state index >= 15 is 0 Å². The van der Waals surface area contributed by atoms with E-state index in [9.17, 15) is 18.9 Å². The van der Waals surface area contributed by atoms with Gasteiger partial charge in [-0.2, -0.15) is 0 Å². The number of aliphatic hydroxyl groups excluding tert-OH is 1. The summed E-state index contributed by atoms with van der Waals surface area (Å²) in [6, 6.07) is -0.278. The Morgan fingerprint density at radius 1 is 1.36 bits per heavy atom. The SMILES string of the molecule is O=[P+]([O-])O[P+](=O)[O-].OCCl.[Ag]. The first-order chi connectivity index (χ1) is 4.54. The van der Waals surface area contributed by atoms with Gasteiger partial charge in [0.05, 0.1) is 0 Å². The quantitative estimate of drug-likeness (QED) is 0.406. The summed E-state index contributed by atoms with van der Waals surface area (Å²) in [7, 11) is -6.47. The van der Waals surface area contributed by atoms with E-state index in [-0.39, 0.29) is 28.4 Å². The summed E-state index contributed by atoms with van der Waals surface area (Å²) in [6.45, 7) is 0. The zero-order chi connectivity index (χ0) is 8.57. The normalized spacial score (nSPS) is 10.2. The molecule has 2 unspecified atom stereocenters. The van der Waals surface area contributed by atoms with Gasteiger partial charge in [0.2, 0.25) is 0 Å². The molecule has 0 aliphatic carbocycles. The molecular formula is CH3AgClO6P2. The molecule has 0 rings (SSSR count). The first-order valence-corrected chi connectivity index (χ1v) is 4.40. The second kappa shape index (κ2) is 13.6. The molecule has 0 saturated carbocycles. The molecule has 1 radical (unpaired) electrons. The van der Waals surface area contributed by atoms with Crippen LogP contribution in [-0.2, 0) is 35.8 Å². The molecule has 11 heavy (non-hydrogen) atoms. The van der Waals surface area contributed by atoms with Crippen molar-refractivity contribution in [2.45, 2.75) is 0 Å². The Hall–Kier alpha value is 1.07. The van der Waals surface area contributed by atoms with Crippen molar-refractivity contribution in [3.63, 3.8) is 0 Å². The van der Waals surface area contributed by atoms with Crippen LogP contribution in [0.25, 0.3) is 0 Å². The van der Waals surface area contributed by atoms with E-state index in [4.69, 9.17) is 5.11 Å². The molecular weight excluding hydrogens is 313 g/mol. The minimum absolute atomic E-state index is 0. The molecule has 0 aromatic heterocycles. The number of halogens is 1. The Labute approximate surface area is 84.9 Å². The van der Waals surface area contributed by atoms with Gasteiger partial charge in [-0.1, -0.05) is 11.6 Å². The van der Waals surface area contributed by atoms with Crippen LogP contribution in [0.4, 0.5) is 0 Å². The fourth-order valence-corrected chi connectivity index (χ4v) is 0.490. The van der Waals surface area contributed by atoms with Gasteiger partial charge in [-0.15, -0.1) is 0 Å². The molecule has 71 valence electrons. The third kappa shape index (κ3) is 35.4. The third-order valence-corrected chi connectivity index (χ3v) is 1.20. The molecule has 1 N–H and O–H groups in total. The first-order valence-electron chi connectivity index (χ1n) is 1.68. The van der Waals surface area contributed by atoms with E-state index in [0.717, 1.165) is 0 Å². The molecule has 0 spiro atoms. The van der Waals surface area contributed by atoms with Crippen molar-refractivity contribution in [1.29, 1.82) is 0 Å². The predicted octanol–water partition coefficient (Wildman–Crippen LogP) is -0.789. The zero-order valence-electron chi connectivity index (χ0n) is 4.77. The van der Waals surface area contributed by atoms with Gasteiger partial charge in [0.15, 0.2) is 0 Å². The van der Waals surface area contributed by atoms with Crippen LogP contribution in [0, 0.1) is 0 Å². The monoisotopic (exact) mass is 315 g/mol. The molecule has 0 aliphatic rings. The Morgan fingerprint density at radius 3 is 1.55 bits per heavy atom. The Kier molecular flexibility index (Phi) is 22.3. The topological polar surface area (TPSA) is 110 Å². The molecule has 0 aliphatic heterocycles. The van der Waals surface area contributed by atoms with Crippen LogP contribution >= 0.6 is 28.1 Å². The van der Waals surface area contributed by atoms with Crippen LogP contribution in [0.15, 0.2) is 0 Å². The van der Waals surface area contributed by atoms with Gasteiger partial charge in [0, 0.05) is 22.4 Å². The number of aliphatic hydroxyl groups is 1. The molecule has 0 fully saturated rings.